The first-order chi connectivity index (χ1) is 6.81. The summed E-state index contributed by atoms with van der Waals surface area (Å²) in [7, 11) is 0. The van der Waals surface area contributed by atoms with Crippen LogP contribution in [-0.2, 0) is 6.42 Å². The number of fused-ring (bicyclic) bond motifs is 1. The van der Waals surface area contributed by atoms with Crippen LogP contribution in [0.15, 0.2) is 9.92 Å². The van der Waals surface area contributed by atoms with Crippen LogP contribution in [0.3, 0.4) is 0 Å². The summed E-state index contributed by atoms with van der Waals surface area (Å²) in [6.07, 6.45) is 2.19. The molecule has 1 aliphatic rings. The fourth-order valence-electron chi connectivity index (χ4n) is 1.31. The minimum absolute atomic E-state index is 0.393. The molecule has 1 aliphatic heterocycles. The third-order valence-electron chi connectivity index (χ3n) is 1.91. The second kappa shape index (κ2) is 4.73. The lowest BCUT2D eigenvalue weighted by molar-refractivity contribution is 0.894. The number of hydrogen-bond acceptors (Lipinski definition) is 4. The highest BCUT2D eigenvalue weighted by molar-refractivity contribution is 8.02. The monoisotopic (exact) mass is 246 g/mol. The average Bonchev–Trinajstić information content (AvgIpc) is 2.61. The zero-order valence-corrected chi connectivity index (χ0v) is 10.3. The molecule has 0 aliphatic carbocycles. The molecule has 0 bridgehead atoms. The van der Waals surface area contributed by atoms with Gasteiger partial charge < -0.3 is 0 Å². The van der Waals surface area contributed by atoms with E-state index in [4.69, 9.17) is 11.6 Å². The lowest BCUT2D eigenvalue weighted by Crippen LogP contribution is -1.94. The maximum Gasteiger partial charge on any atom is 0.223 e. The molecular weight excluding hydrogens is 236 g/mol. The smallest absolute Gasteiger partial charge is 0.222 e. The first-order valence-electron chi connectivity index (χ1n) is 4.63. The highest BCUT2D eigenvalue weighted by Gasteiger charge is 2.19. The van der Waals surface area contributed by atoms with Crippen LogP contribution in [0.1, 0.15) is 19.0 Å². The van der Waals surface area contributed by atoms with Crippen LogP contribution < -0.4 is 0 Å². The molecule has 0 fully saturated rings. The second-order valence-corrected chi connectivity index (χ2v) is 5.55. The Bertz CT molecular complexity index is 344. The molecule has 0 aromatic carbocycles. The van der Waals surface area contributed by atoms with E-state index in [1.54, 1.807) is 11.8 Å². The van der Waals surface area contributed by atoms with Gasteiger partial charge in [-0.2, -0.15) is 0 Å². The molecule has 0 radical (unpaired) electrons. The van der Waals surface area contributed by atoms with Crippen molar-refractivity contribution >= 4 is 35.1 Å². The van der Waals surface area contributed by atoms with E-state index in [9.17, 15) is 0 Å². The van der Waals surface area contributed by atoms with Gasteiger partial charge in [0.15, 0.2) is 0 Å². The topological polar surface area (TPSA) is 25.8 Å². The molecule has 14 heavy (non-hydrogen) atoms. The number of nitrogens with zero attached hydrogens (tertiary/aromatic N) is 2. The van der Waals surface area contributed by atoms with Crippen molar-refractivity contribution in [3.8, 4) is 0 Å². The van der Waals surface area contributed by atoms with Gasteiger partial charge in [0.25, 0.3) is 0 Å². The van der Waals surface area contributed by atoms with Gasteiger partial charge in [0.1, 0.15) is 5.03 Å². The Kier molecular flexibility index (Phi) is 3.57. The maximum atomic E-state index is 5.86. The molecule has 0 spiro atoms. The van der Waals surface area contributed by atoms with Crippen LogP contribution in [0, 0.1) is 0 Å². The van der Waals surface area contributed by atoms with Crippen LogP contribution in [0.4, 0.5) is 0 Å². The average molecular weight is 247 g/mol. The largest absolute Gasteiger partial charge is 0.223 e. The van der Waals surface area contributed by atoms with Gasteiger partial charge in [-0.1, -0.05) is 6.92 Å². The number of thioether (sulfide) groups is 2. The maximum absolute atomic E-state index is 5.86. The Morgan fingerprint density at radius 3 is 3.14 bits per heavy atom. The van der Waals surface area contributed by atoms with Crippen LogP contribution >= 0.6 is 35.1 Å². The molecule has 2 nitrogen and oxygen atoms in total. The van der Waals surface area contributed by atoms with E-state index in [-0.39, 0.29) is 0 Å². The minimum atomic E-state index is 0.393. The molecule has 76 valence electrons. The molecule has 1 aromatic heterocycles. The molecule has 2 heterocycles. The van der Waals surface area contributed by atoms with Gasteiger partial charge in [0.05, 0.1) is 10.6 Å². The summed E-state index contributed by atoms with van der Waals surface area (Å²) >= 11 is 9.50. The van der Waals surface area contributed by atoms with Crippen LogP contribution in [0.25, 0.3) is 0 Å². The van der Waals surface area contributed by atoms with Gasteiger partial charge in [-0.05, 0) is 23.8 Å². The summed E-state index contributed by atoms with van der Waals surface area (Å²) in [5, 5.41) is 1.47. The van der Waals surface area contributed by atoms with Gasteiger partial charge in [0.2, 0.25) is 5.28 Å². The molecule has 0 unspecified atom stereocenters. The molecule has 1 aromatic rings. The fourth-order valence-corrected chi connectivity index (χ4v) is 3.68. The Labute approximate surface area is 97.2 Å². The van der Waals surface area contributed by atoms with E-state index in [2.05, 4.69) is 16.9 Å². The summed E-state index contributed by atoms with van der Waals surface area (Å²) in [5.74, 6) is 2.21. The molecule has 0 amide bonds. The SMILES string of the molecule is CCCSc1nc(Cl)nc2c1SCC2. The molecule has 5 heteroatoms. The van der Waals surface area contributed by atoms with E-state index < -0.39 is 0 Å². The van der Waals surface area contributed by atoms with Crippen molar-refractivity contribution in [1.29, 1.82) is 0 Å². The molecule has 0 atom stereocenters. The summed E-state index contributed by atoms with van der Waals surface area (Å²) in [6.45, 7) is 2.17. The zero-order chi connectivity index (χ0) is 9.97. The quantitative estimate of drug-likeness (QED) is 0.465. The van der Waals surface area contributed by atoms with Gasteiger partial charge in [-0.25, -0.2) is 9.97 Å². The third-order valence-corrected chi connectivity index (χ3v) is 4.51. The highest BCUT2D eigenvalue weighted by Crippen LogP contribution is 2.37. The van der Waals surface area contributed by atoms with E-state index in [1.807, 2.05) is 11.8 Å². The van der Waals surface area contributed by atoms with E-state index in [0.717, 1.165) is 35.1 Å². The van der Waals surface area contributed by atoms with Crippen molar-refractivity contribution < 1.29 is 0 Å². The zero-order valence-electron chi connectivity index (χ0n) is 7.92. The van der Waals surface area contributed by atoms with Crippen molar-refractivity contribution in [3.05, 3.63) is 11.0 Å². The Morgan fingerprint density at radius 2 is 2.36 bits per heavy atom. The Balaban J connectivity index is 2.29. The number of halogens is 1. The van der Waals surface area contributed by atoms with Crippen molar-refractivity contribution in [2.24, 2.45) is 0 Å². The minimum Gasteiger partial charge on any atom is -0.222 e. The summed E-state index contributed by atoms with van der Waals surface area (Å²) in [6, 6.07) is 0. The van der Waals surface area contributed by atoms with Gasteiger partial charge in [-0.15, -0.1) is 23.5 Å². The van der Waals surface area contributed by atoms with E-state index in [0.29, 0.717) is 5.28 Å². The van der Waals surface area contributed by atoms with E-state index >= 15 is 0 Å². The molecule has 0 saturated carbocycles. The van der Waals surface area contributed by atoms with Crippen molar-refractivity contribution in [3.63, 3.8) is 0 Å². The van der Waals surface area contributed by atoms with Gasteiger partial charge in [-0.3, -0.25) is 0 Å². The van der Waals surface area contributed by atoms with Crippen molar-refractivity contribution in [1.82, 2.24) is 9.97 Å². The first kappa shape index (κ1) is 10.6. The molecular formula is C9H11ClN2S2. The number of rotatable bonds is 3. The lowest BCUT2D eigenvalue weighted by atomic mass is 10.3. The Morgan fingerprint density at radius 1 is 1.50 bits per heavy atom. The molecule has 2 rings (SSSR count). The summed E-state index contributed by atoms with van der Waals surface area (Å²) < 4.78 is 0. The standard InChI is InChI=1S/C9H11ClN2S2/c1-2-4-14-8-7-6(3-5-13-7)11-9(10)12-8/h2-5H2,1H3. The third kappa shape index (κ3) is 2.18. The van der Waals surface area contributed by atoms with Crippen LogP contribution in [0.2, 0.25) is 5.28 Å². The predicted molar refractivity (Wildman–Crippen MR) is 62.5 cm³/mol. The lowest BCUT2D eigenvalue weighted by Gasteiger charge is -2.05. The highest BCUT2D eigenvalue weighted by atomic mass is 35.5. The van der Waals surface area contributed by atoms with Crippen LogP contribution in [0.5, 0.6) is 0 Å². The molecule has 0 saturated heterocycles. The van der Waals surface area contributed by atoms with Crippen molar-refractivity contribution in [2.75, 3.05) is 11.5 Å². The summed E-state index contributed by atoms with van der Waals surface area (Å²) in [5.41, 5.74) is 1.13. The number of aromatic nitrogens is 2. The first-order valence-corrected chi connectivity index (χ1v) is 6.98. The van der Waals surface area contributed by atoms with Gasteiger partial charge >= 0.3 is 0 Å². The van der Waals surface area contributed by atoms with E-state index in [1.165, 1.54) is 4.90 Å². The normalized spacial score (nSPS) is 14.4. The fraction of sp³-hybridized carbons (Fsp3) is 0.556. The molecule has 0 N–H and O–H groups in total. The van der Waals surface area contributed by atoms with Crippen LogP contribution in [-0.4, -0.2) is 21.5 Å². The number of hydrogen-bond donors (Lipinski definition) is 0. The predicted octanol–water partition coefficient (Wildman–Crippen LogP) is 3.28. The van der Waals surface area contributed by atoms with Gasteiger partial charge in [0, 0.05) is 12.2 Å². The second-order valence-electron chi connectivity index (χ2n) is 3.02. The Hall–Kier alpha value is 0.0700. The van der Waals surface area contributed by atoms with Crippen molar-refractivity contribution in [2.45, 2.75) is 29.7 Å². The summed E-state index contributed by atoms with van der Waals surface area (Å²) in [4.78, 5) is 9.78. The number of aryl methyl sites for hydroxylation is 1.